The number of nitrogens with one attached hydrogen (secondary N) is 1. The first-order chi connectivity index (χ1) is 10.1. The van der Waals surface area contributed by atoms with Gasteiger partial charge in [0.1, 0.15) is 6.54 Å². The Kier molecular flexibility index (Phi) is 4.55. The van der Waals surface area contributed by atoms with Crippen LogP contribution in [0.25, 0.3) is 0 Å². The van der Waals surface area contributed by atoms with E-state index in [9.17, 15) is 9.59 Å². The van der Waals surface area contributed by atoms with E-state index in [-0.39, 0.29) is 18.0 Å². The zero-order valence-electron chi connectivity index (χ0n) is 11.6. The van der Waals surface area contributed by atoms with Crippen LogP contribution >= 0.6 is 0 Å². The first-order valence-corrected chi connectivity index (χ1v) is 6.30. The summed E-state index contributed by atoms with van der Waals surface area (Å²) in [4.78, 5) is 27.4. The SMILES string of the molecule is COc1ccc(CNC(=O)Cn2cc(N)ccc2=O)cn1. The van der Waals surface area contributed by atoms with Crippen molar-refractivity contribution in [2.45, 2.75) is 13.1 Å². The van der Waals surface area contributed by atoms with Crippen molar-refractivity contribution in [3.8, 4) is 5.88 Å². The quantitative estimate of drug-likeness (QED) is 0.816. The highest BCUT2D eigenvalue weighted by atomic mass is 16.5. The van der Waals surface area contributed by atoms with Crippen molar-refractivity contribution in [2.24, 2.45) is 0 Å². The Hall–Kier alpha value is -2.83. The third-order valence-corrected chi connectivity index (χ3v) is 2.82. The summed E-state index contributed by atoms with van der Waals surface area (Å²) in [6.07, 6.45) is 3.06. The van der Waals surface area contributed by atoms with E-state index in [0.717, 1.165) is 5.56 Å². The molecular weight excluding hydrogens is 272 g/mol. The Morgan fingerprint density at radius 1 is 1.38 bits per heavy atom. The first-order valence-electron chi connectivity index (χ1n) is 6.30. The number of anilines is 1. The van der Waals surface area contributed by atoms with Gasteiger partial charge in [-0.25, -0.2) is 4.98 Å². The minimum atomic E-state index is -0.279. The zero-order valence-corrected chi connectivity index (χ0v) is 11.6. The molecule has 3 N–H and O–H groups in total. The van der Waals surface area contributed by atoms with Crippen LogP contribution < -0.4 is 21.3 Å². The number of carbonyl (C=O) groups excluding carboxylic acids is 1. The van der Waals surface area contributed by atoms with Gasteiger partial charge in [-0.05, 0) is 11.6 Å². The highest BCUT2D eigenvalue weighted by Gasteiger charge is 2.05. The maximum Gasteiger partial charge on any atom is 0.251 e. The average molecular weight is 288 g/mol. The van der Waals surface area contributed by atoms with Gasteiger partial charge >= 0.3 is 0 Å². The van der Waals surface area contributed by atoms with Crippen LogP contribution in [0.4, 0.5) is 5.69 Å². The fourth-order valence-electron chi connectivity index (χ4n) is 1.72. The van der Waals surface area contributed by atoms with Crippen molar-refractivity contribution in [2.75, 3.05) is 12.8 Å². The minimum Gasteiger partial charge on any atom is -0.481 e. The molecule has 7 nitrogen and oxygen atoms in total. The van der Waals surface area contributed by atoms with Crippen molar-refractivity contribution >= 4 is 11.6 Å². The maximum atomic E-state index is 11.8. The molecule has 0 aliphatic heterocycles. The van der Waals surface area contributed by atoms with Crippen molar-refractivity contribution in [1.29, 1.82) is 0 Å². The molecule has 2 aromatic heterocycles. The van der Waals surface area contributed by atoms with E-state index >= 15 is 0 Å². The molecule has 1 amide bonds. The summed E-state index contributed by atoms with van der Waals surface area (Å²) >= 11 is 0. The molecule has 7 heteroatoms. The summed E-state index contributed by atoms with van der Waals surface area (Å²) in [5.74, 6) is 0.231. The molecule has 0 saturated heterocycles. The molecule has 110 valence electrons. The van der Waals surface area contributed by atoms with Crippen molar-refractivity contribution in [3.05, 3.63) is 52.6 Å². The molecule has 2 aromatic rings. The molecule has 0 aromatic carbocycles. The zero-order chi connectivity index (χ0) is 15.2. The number of hydrogen-bond acceptors (Lipinski definition) is 5. The van der Waals surface area contributed by atoms with E-state index in [1.807, 2.05) is 0 Å². The fraction of sp³-hybridized carbons (Fsp3) is 0.214. The number of nitrogens with two attached hydrogens (primary N) is 1. The van der Waals surface area contributed by atoms with Crippen molar-refractivity contribution in [1.82, 2.24) is 14.9 Å². The van der Waals surface area contributed by atoms with Crippen LogP contribution in [0.5, 0.6) is 5.88 Å². The van der Waals surface area contributed by atoms with Gasteiger partial charge in [0.25, 0.3) is 5.56 Å². The Labute approximate surface area is 121 Å². The lowest BCUT2D eigenvalue weighted by molar-refractivity contribution is -0.121. The van der Waals surface area contributed by atoms with Gasteiger partial charge in [-0.15, -0.1) is 0 Å². The second-order valence-corrected chi connectivity index (χ2v) is 4.41. The highest BCUT2D eigenvalue weighted by molar-refractivity contribution is 5.75. The van der Waals surface area contributed by atoms with Crippen LogP contribution in [0.2, 0.25) is 0 Å². The van der Waals surface area contributed by atoms with Crippen LogP contribution in [0.3, 0.4) is 0 Å². The van der Waals surface area contributed by atoms with Gasteiger partial charge in [0.15, 0.2) is 0 Å². The van der Waals surface area contributed by atoms with Gasteiger partial charge in [-0.2, -0.15) is 0 Å². The van der Waals surface area contributed by atoms with Gasteiger partial charge in [-0.1, -0.05) is 6.07 Å². The van der Waals surface area contributed by atoms with Crippen LogP contribution in [-0.2, 0) is 17.9 Å². The van der Waals surface area contributed by atoms with E-state index < -0.39 is 0 Å². The van der Waals surface area contributed by atoms with Gasteiger partial charge in [-0.3, -0.25) is 9.59 Å². The molecule has 0 atom stereocenters. The topological polar surface area (TPSA) is 99.2 Å². The molecule has 0 aliphatic rings. The molecule has 2 heterocycles. The number of pyridine rings is 2. The lowest BCUT2D eigenvalue weighted by atomic mass is 10.3. The summed E-state index contributed by atoms with van der Waals surface area (Å²) in [6, 6.07) is 6.35. The Morgan fingerprint density at radius 3 is 2.86 bits per heavy atom. The summed E-state index contributed by atoms with van der Waals surface area (Å²) in [7, 11) is 1.53. The van der Waals surface area contributed by atoms with E-state index in [0.29, 0.717) is 18.1 Å². The van der Waals surface area contributed by atoms with Gasteiger partial charge < -0.3 is 20.4 Å². The number of nitrogens with zero attached hydrogens (tertiary/aromatic N) is 2. The largest absolute Gasteiger partial charge is 0.481 e. The maximum absolute atomic E-state index is 11.8. The standard InChI is InChI=1S/C14H16N4O3/c1-21-13-4-2-10(7-17-13)6-16-12(19)9-18-8-11(15)3-5-14(18)20/h2-5,7-8H,6,9,15H2,1H3,(H,16,19). The Morgan fingerprint density at radius 2 is 2.19 bits per heavy atom. The summed E-state index contributed by atoms with van der Waals surface area (Å²) in [6.45, 7) is 0.250. The molecule has 0 spiro atoms. The molecule has 21 heavy (non-hydrogen) atoms. The molecule has 0 aliphatic carbocycles. The molecule has 0 radical (unpaired) electrons. The molecule has 2 rings (SSSR count). The second kappa shape index (κ2) is 6.56. The van der Waals surface area contributed by atoms with Crippen molar-refractivity contribution in [3.63, 3.8) is 0 Å². The monoisotopic (exact) mass is 288 g/mol. The number of hydrogen-bond donors (Lipinski definition) is 2. The normalized spacial score (nSPS) is 10.1. The van der Waals surface area contributed by atoms with E-state index in [2.05, 4.69) is 10.3 Å². The number of amides is 1. The minimum absolute atomic E-state index is 0.0759. The third-order valence-electron chi connectivity index (χ3n) is 2.82. The lowest BCUT2D eigenvalue weighted by Crippen LogP contribution is -2.31. The molecule has 0 fully saturated rings. The van der Waals surface area contributed by atoms with E-state index in [1.54, 1.807) is 18.3 Å². The number of aromatic nitrogens is 2. The van der Waals surface area contributed by atoms with E-state index in [1.165, 1.54) is 30.0 Å². The highest BCUT2D eigenvalue weighted by Crippen LogP contribution is 2.06. The number of rotatable bonds is 5. The third kappa shape index (κ3) is 4.07. The predicted octanol–water partition coefficient (Wildman–Crippen LogP) is 0.150. The number of carbonyl (C=O) groups is 1. The van der Waals surface area contributed by atoms with Crippen LogP contribution in [0.1, 0.15) is 5.56 Å². The Balaban J connectivity index is 1.92. The molecule has 0 unspecified atom stereocenters. The second-order valence-electron chi connectivity index (χ2n) is 4.41. The van der Waals surface area contributed by atoms with Crippen molar-refractivity contribution < 1.29 is 9.53 Å². The number of methoxy groups -OCH3 is 1. The summed E-state index contributed by atoms with van der Waals surface area (Å²) < 4.78 is 6.21. The van der Waals surface area contributed by atoms with E-state index in [4.69, 9.17) is 10.5 Å². The summed E-state index contributed by atoms with van der Waals surface area (Å²) in [5, 5.41) is 2.71. The van der Waals surface area contributed by atoms with Gasteiger partial charge in [0, 0.05) is 36.8 Å². The van der Waals surface area contributed by atoms with Crippen LogP contribution in [-0.4, -0.2) is 22.6 Å². The first kappa shape index (κ1) is 14.6. The number of nitrogen functional groups attached to an aromatic ring is 1. The van der Waals surface area contributed by atoms with Gasteiger partial charge in [0.2, 0.25) is 11.8 Å². The molecular formula is C14H16N4O3. The van der Waals surface area contributed by atoms with Crippen LogP contribution in [0.15, 0.2) is 41.5 Å². The fourth-order valence-corrected chi connectivity index (χ4v) is 1.72. The molecule has 0 bridgehead atoms. The summed E-state index contributed by atoms with van der Waals surface area (Å²) in [5.41, 5.74) is 6.58. The van der Waals surface area contributed by atoms with Gasteiger partial charge in [0.05, 0.1) is 7.11 Å². The average Bonchev–Trinajstić information content (AvgIpc) is 2.49. The Bertz CT molecular complexity index is 679. The predicted molar refractivity (Wildman–Crippen MR) is 77.8 cm³/mol. The lowest BCUT2D eigenvalue weighted by Gasteiger charge is -2.08. The van der Waals surface area contributed by atoms with Crippen LogP contribution in [0, 0.1) is 0 Å². The smallest absolute Gasteiger partial charge is 0.251 e. The number of ether oxygens (including phenoxy) is 1. The molecule has 0 saturated carbocycles.